The van der Waals surface area contributed by atoms with E-state index in [2.05, 4.69) is 21.2 Å². The molecular weight excluding hydrogens is 363 g/mol. The number of halogens is 4. The van der Waals surface area contributed by atoms with Gasteiger partial charge < -0.3 is 5.32 Å². The molecule has 0 aromatic heterocycles. The Labute approximate surface area is 134 Å². The van der Waals surface area contributed by atoms with E-state index in [0.717, 1.165) is 10.2 Å². The number of rotatable bonds is 5. The van der Waals surface area contributed by atoms with Crippen molar-refractivity contribution in [2.24, 2.45) is 0 Å². The Morgan fingerprint density at radius 2 is 1.76 bits per heavy atom. The van der Waals surface area contributed by atoms with Gasteiger partial charge in [-0.25, -0.2) is 4.39 Å². The van der Waals surface area contributed by atoms with E-state index in [1.807, 2.05) is 6.92 Å². The Hall–Kier alpha value is -1.14. The van der Waals surface area contributed by atoms with E-state index in [1.54, 1.807) is 36.4 Å². The molecule has 0 amide bonds. The summed E-state index contributed by atoms with van der Waals surface area (Å²) in [5.74, 6) is -2.72. The van der Waals surface area contributed by atoms with E-state index in [-0.39, 0.29) is 11.9 Å². The minimum Gasteiger partial charge on any atom is -0.378 e. The molecule has 2 aromatic carbocycles. The largest absolute Gasteiger partial charge is 0.378 e. The van der Waals surface area contributed by atoms with Crippen molar-refractivity contribution in [1.82, 2.24) is 0 Å². The van der Waals surface area contributed by atoms with E-state index in [1.165, 1.54) is 6.07 Å². The van der Waals surface area contributed by atoms with Crippen LogP contribution in [0.1, 0.15) is 18.5 Å². The summed E-state index contributed by atoms with van der Waals surface area (Å²) in [5, 5.41) is 3.15. The number of benzene rings is 2. The van der Waals surface area contributed by atoms with Crippen molar-refractivity contribution in [3.8, 4) is 0 Å². The Balaban J connectivity index is 2.08. The highest BCUT2D eigenvalue weighted by Gasteiger charge is 2.12. The van der Waals surface area contributed by atoms with Crippen LogP contribution in [0.3, 0.4) is 0 Å². The Morgan fingerprint density at radius 1 is 1.10 bits per heavy atom. The second kappa shape index (κ2) is 7.22. The van der Waals surface area contributed by atoms with Crippen LogP contribution in [0.2, 0.25) is 0 Å². The smallest absolute Gasteiger partial charge is 0.288 e. The van der Waals surface area contributed by atoms with Gasteiger partial charge in [-0.05, 0) is 49.4 Å². The van der Waals surface area contributed by atoms with Gasteiger partial charge in [-0.1, -0.05) is 27.7 Å². The van der Waals surface area contributed by atoms with Gasteiger partial charge in [0.1, 0.15) is 5.82 Å². The molecule has 2 rings (SSSR count). The van der Waals surface area contributed by atoms with E-state index in [4.69, 9.17) is 0 Å². The first-order valence-corrected chi connectivity index (χ1v) is 7.89. The molecular formula is C15H13BrF3NS. The normalized spacial score (nSPS) is 12.5. The minimum atomic E-state index is -2.43. The molecule has 0 aliphatic heterocycles. The molecule has 0 radical (unpaired) electrons. The monoisotopic (exact) mass is 375 g/mol. The van der Waals surface area contributed by atoms with Crippen molar-refractivity contribution in [2.45, 2.75) is 23.6 Å². The van der Waals surface area contributed by atoms with Crippen LogP contribution in [0.5, 0.6) is 0 Å². The van der Waals surface area contributed by atoms with Gasteiger partial charge >= 0.3 is 0 Å². The number of thioether (sulfide) groups is 1. The van der Waals surface area contributed by atoms with Crippen LogP contribution >= 0.6 is 27.7 Å². The Bertz CT molecular complexity index is 604. The number of alkyl halides is 2. The Kier molecular flexibility index (Phi) is 5.58. The number of anilines is 1. The molecule has 1 N–H and O–H groups in total. The third-order valence-corrected chi connectivity index (χ3v) is 4.10. The summed E-state index contributed by atoms with van der Waals surface area (Å²) in [4.78, 5) is 0.497. The van der Waals surface area contributed by atoms with Crippen molar-refractivity contribution >= 4 is 33.4 Å². The maximum Gasteiger partial charge on any atom is 0.288 e. The summed E-state index contributed by atoms with van der Waals surface area (Å²) in [6.07, 6.45) is 0. The zero-order valence-electron chi connectivity index (χ0n) is 11.1. The predicted molar refractivity (Wildman–Crippen MR) is 84.4 cm³/mol. The molecule has 0 aliphatic rings. The van der Waals surface area contributed by atoms with Crippen molar-refractivity contribution in [1.29, 1.82) is 0 Å². The SMILES string of the molecule is CC(Nc1ccc(SC(F)F)cc1)c1cc(Br)ccc1F. The topological polar surface area (TPSA) is 12.0 Å². The third-order valence-electron chi connectivity index (χ3n) is 2.89. The third kappa shape index (κ3) is 4.68. The van der Waals surface area contributed by atoms with Crippen LogP contribution < -0.4 is 5.32 Å². The van der Waals surface area contributed by atoms with Gasteiger partial charge in [0.15, 0.2) is 0 Å². The highest BCUT2D eigenvalue weighted by molar-refractivity contribution is 9.10. The lowest BCUT2D eigenvalue weighted by atomic mass is 10.1. The summed E-state index contributed by atoms with van der Waals surface area (Å²) < 4.78 is 39.1. The van der Waals surface area contributed by atoms with Gasteiger partial charge in [-0.3, -0.25) is 0 Å². The highest BCUT2D eigenvalue weighted by Crippen LogP contribution is 2.28. The molecule has 0 saturated heterocycles. The van der Waals surface area contributed by atoms with Crippen LogP contribution in [0.4, 0.5) is 18.9 Å². The summed E-state index contributed by atoms with van der Waals surface area (Å²) in [7, 11) is 0. The lowest BCUT2D eigenvalue weighted by Crippen LogP contribution is -2.08. The fourth-order valence-corrected chi connectivity index (χ4v) is 2.78. The van der Waals surface area contributed by atoms with Gasteiger partial charge in [-0.2, -0.15) is 8.78 Å². The molecule has 0 fully saturated rings. The second-order valence-corrected chi connectivity index (χ2v) is 6.41. The average Bonchev–Trinajstić information content (AvgIpc) is 2.43. The fourth-order valence-electron chi connectivity index (χ4n) is 1.91. The molecule has 0 bridgehead atoms. The molecule has 1 unspecified atom stereocenters. The molecule has 6 heteroatoms. The van der Waals surface area contributed by atoms with Crippen LogP contribution in [-0.4, -0.2) is 5.76 Å². The van der Waals surface area contributed by atoms with Gasteiger partial charge in [0.25, 0.3) is 5.76 Å². The molecule has 112 valence electrons. The fraction of sp³-hybridized carbons (Fsp3) is 0.200. The van der Waals surface area contributed by atoms with Gasteiger partial charge in [0.05, 0.1) is 6.04 Å². The zero-order valence-corrected chi connectivity index (χ0v) is 13.5. The van der Waals surface area contributed by atoms with Crippen molar-refractivity contribution in [3.05, 3.63) is 58.3 Å². The van der Waals surface area contributed by atoms with Gasteiger partial charge in [0, 0.05) is 20.6 Å². The summed E-state index contributed by atoms with van der Waals surface area (Å²) >= 11 is 3.81. The van der Waals surface area contributed by atoms with Crippen LogP contribution in [0.15, 0.2) is 51.8 Å². The molecule has 1 atom stereocenters. The first-order chi connectivity index (χ1) is 9.95. The van der Waals surface area contributed by atoms with E-state index >= 15 is 0 Å². The lowest BCUT2D eigenvalue weighted by molar-refractivity contribution is 0.252. The molecule has 0 spiro atoms. The maximum atomic E-state index is 13.8. The first kappa shape index (κ1) is 16.2. The molecule has 1 nitrogen and oxygen atoms in total. The number of hydrogen-bond donors (Lipinski definition) is 1. The molecule has 21 heavy (non-hydrogen) atoms. The maximum absolute atomic E-state index is 13.8. The van der Waals surface area contributed by atoms with Crippen molar-refractivity contribution in [3.63, 3.8) is 0 Å². The molecule has 0 heterocycles. The standard InChI is InChI=1S/C15H13BrF3NS/c1-9(13-8-10(16)2-7-14(13)17)20-11-3-5-12(6-4-11)21-15(18)19/h2-9,15,20H,1H3. The van der Waals surface area contributed by atoms with Gasteiger partial charge in [-0.15, -0.1) is 0 Å². The highest BCUT2D eigenvalue weighted by atomic mass is 79.9. The molecule has 0 aliphatic carbocycles. The summed E-state index contributed by atoms with van der Waals surface area (Å²) in [6.45, 7) is 1.84. The quantitative estimate of drug-likeness (QED) is 0.635. The van der Waals surface area contributed by atoms with Crippen molar-refractivity contribution < 1.29 is 13.2 Å². The lowest BCUT2D eigenvalue weighted by Gasteiger charge is -2.17. The predicted octanol–water partition coefficient (Wildman–Crippen LogP) is 6.08. The van der Waals surface area contributed by atoms with E-state index < -0.39 is 5.76 Å². The minimum absolute atomic E-state index is 0.240. The zero-order chi connectivity index (χ0) is 15.4. The second-order valence-electron chi connectivity index (χ2n) is 4.43. The van der Waals surface area contributed by atoms with E-state index in [9.17, 15) is 13.2 Å². The molecule has 0 saturated carbocycles. The van der Waals surface area contributed by atoms with Crippen LogP contribution in [-0.2, 0) is 0 Å². The Morgan fingerprint density at radius 3 is 2.38 bits per heavy atom. The number of nitrogens with one attached hydrogen (secondary N) is 1. The average molecular weight is 376 g/mol. The summed E-state index contributed by atoms with van der Waals surface area (Å²) in [6, 6.07) is 11.2. The number of hydrogen-bond acceptors (Lipinski definition) is 2. The van der Waals surface area contributed by atoms with E-state index in [0.29, 0.717) is 22.2 Å². The first-order valence-electron chi connectivity index (χ1n) is 6.22. The summed E-state index contributed by atoms with van der Waals surface area (Å²) in [5.41, 5.74) is 1.29. The van der Waals surface area contributed by atoms with Crippen LogP contribution in [0, 0.1) is 5.82 Å². The van der Waals surface area contributed by atoms with Gasteiger partial charge in [0.2, 0.25) is 0 Å². The van der Waals surface area contributed by atoms with Crippen LogP contribution in [0.25, 0.3) is 0 Å². The molecule has 2 aromatic rings. The van der Waals surface area contributed by atoms with Crippen molar-refractivity contribution in [2.75, 3.05) is 5.32 Å².